The van der Waals surface area contributed by atoms with Gasteiger partial charge in [-0.2, -0.15) is 0 Å². The van der Waals surface area contributed by atoms with Gasteiger partial charge in [-0.3, -0.25) is 0 Å². The van der Waals surface area contributed by atoms with Gasteiger partial charge in [0.25, 0.3) is 0 Å². The maximum Gasteiger partial charge on any atom is 0.407 e. The van der Waals surface area contributed by atoms with E-state index in [2.05, 4.69) is 10.5 Å². The summed E-state index contributed by atoms with van der Waals surface area (Å²) in [5.74, 6) is -0.751. The van der Waals surface area contributed by atoms with E-state index in [0.29, 0.717) is 6.42 Å². The van der Waals surface area contributed by atoms with Gasteiger partial charge >= 0.3 is 12.1 Å². The van der Waals surface area contributed by atoms with E-state index in [9.17, 15) is 9.59 Å². The Morgan fingerprint density at radius 1 is 1.38 bits per heavy atom. The van der Waals surface area contributed by atoms with E-state index in [-0.39, 0.29) is 30.4 Å². The van der Waals surface area contributed by atoms with Crippen LogP contribution in [0.1, 0.15) is 40.5 Å². The molecule has 0 aromatic heterocycles. The van der Waals surface area contributed by atoms with Crippen LogP contribution >= 0.6 is 0 Å². The molecule has 0 aromatic rings. The molecule has 1 aliphatic carbocycles. The third kappa shape index (κ3) is 3.65. The molecule has 21 heavy (non-hydrogen) atoms. The Morgan fingerprint density at radius 3 is 2.71 bits per heavy atom. The highest BCUT2D eigenvalue weighted by Crippen LogP contribution is 2.35. The summed E-state index contributed by atoms with van der Waals surface area (Å²) in [6, 6.07) is -0.226. The van der Waals surface area contributed by atoms with Crippen molar-refractivity contribution in [3.63, 3.8) is 0 Å². The smallest absolute Gasteiger partial charge is 0.407 e. The van der Waals surface area contributed by atoms with Crippen molar-refractivity contribution in [2.24, 2.45) is 11.1 Å². The molecule has 1 saturated carbocycles. The molecule has 2 rings (SSSR count). The highest BCUT2D eigenvalue weighted by molar-refractivity contribution is 6.37. The summed E-state index contributed by atoms with van der Waals surface area (Å²) in [5.41, 5.74) is -0.313. The normalized spacial score (nSPS) is 27.4. The second kappa shape index (κ2) is 5.91. The SMILES string of the molecule is CCOC(=O)C1=NO[C@H]2CC[C@@H](NC(=O)OC(C)(C)C)[C@@H]12. The lowest BCUT2D eigenvalue weighted by atomic mass is 9.96. The summed E-state index contributed by atoms with van der Waals surface area (Å²) >= 11 is 0. The minimum absolute atomic E-state index is 0.177. The van der Waals surface area contributed by atoms with Gasteiger partial charge in [-0.05, 0) is 40.5 Å². The molecule has 1 aliphatic heterocycles. The standard InChI is InChI=1S/C14H22N2O5/c1-5-19-12(17)11-10-8(6-7-9(10)21-16-11)15-13(18)20-14(2,3)4/h8-10H,5-7H2,1-4H3,(H,15,18)/t8-,9+,10-/m1/s1. The third-order valence-electron chi connectivity index (χ3n) is 3.39. The van der Waals surface area contributed by atoms with Gasteiger partial charge in [-0.25, -0.2) is 9.59 Å². The number of nitrogens with zero attached hydrogens (tertiary/aromatic N) is 1. The topological polar surface area (TPSA) is 86.2 Å². The quantitative estimate of drug-likeness (QED) is 0.800. The van der Waals surface area contributed by atoms with Crippen molar-refractivity contribution in [1.82, 2.24) is 5.32 Å². The van der Waals surface area contributed by atoms with Gasteiger partial charge in [-0.15, -0.1) is 0 Å². The molecule has 0 aromatic carbocycles. The molecule has 0 bridgehead atoms. The molecular weight excluding hydrogens is 276 g/mol. The summed E-state index contributed by atoms with van der Waals surface area (Å²) in [4.78, 5) is 29.0. The first-order valence-corrected chi connectivity index (χ1v) is 7.22. The first kappa shape index (κ1) is 15.6. The summed E-state index contributed by atoms with van der Waals surface area (Å²) in [7, 11) is 0. The van der Waals surface area contributed by atoms with Gasteiger partial charge in [0, 0.05) is 6.04 Å². The van der Waals surface area contributed by atoms with E-state index in [1.54, 1.807) is 27.7 Å². The van der Waals surface area contributed by atoms with Crippen LogP contribution in [0.3, 0.4) is 0 Å². The number of fused-ring (bicyclic) bond motifs is 1. The van der Waals surface area contributed by atoms with Crippen LogP contribution in [0.15, 0.2) is 5.16 Å². The molecular formula is C14H22N2O5. The Hall–Kier alpha value is -1.79. The Balaban J connectivity index is 2.00. The molecule has 0 radical (unpaired) electrons. The first-order valence-electron chi connectivity index (χ1n) is 7.22. The lowest BCUT2D eigenvalue weighted by molar-refractivity contribution is -0.135. The van der Waals surface area contributed by atoms with Crippen LogP contribution in [0.4, 0.5) is 4.79 Å². The van der Waals surface area contributed by atoms with Gasteiger partial charge < -0.3 is 19.6 Å². The Morgan fingerprint density at radius 2 is 2.10 bits per heavy atom. The van der Waals surface area contributed by atoms with E-state index in [1.165, 1.54) is 0 Å². The van der Waals surface area contributed by atoms with E-state index < -0.39 is 17.7 Å². The number of amides is 1. The highest BCUT2D eigenvalue weighted by Gasteiger charge is 2.49. The van der Waals surface area contributed by atoms with Crippen molar-refractivity contribution in [3.8, 4) is 0 Å². The number of esters is 1. The molecule has 7 heteroatoms. The number of alkyl carbamates (subject to hydrolysis) is 1. The Bertz CT molecular complexity index is 455. The maximum atomic E-state index is 11.9. The van der Waals surface area contributed by atoms with Gasteiger partial charge in [0.2, 0.25) is 0 Å². The Kier molecular flexibility index (Phi) is 4.39. The molecule has 1 heterocycles. The predicted octanol–water partition coefficient (Wildman–Crippen LogP) is 1.61. The lowest BCUT2D eigenvalue weighted by Crippen LogP contribution is -2.45. The van der Waals surface area contributed by atoms with E-state index >= 15 is 0 Å². The lowest BCUT2D eigenvalue weighted by Gasteiger charge is -2.23. The van der Waals surface area contributed by atoms with Crippen molar-refractivity contribution in [1.29, 1.82) is 0 Å². The van der Waals surface area contributed by atoms with Gasteiger partial charge in [-0.1, -0.05) is 5.16 Å². The van der Waals surface area contributed by atoms with Crippen molar-refractivity contribution in [2.45, 2.75) is 58.3 Å². The summed E-state index contributed by atoms with van der Waals surface area (Å²) in [6.45, 7) is 7.41. The molecule has 118 valence electrons. The van der Waals surface area contributed by atoms with Crippen LogP contribution in [0.5, 0.6) is 0 Å². The zero-order chi connectivity index (χ0) is 15.6. The average Bonchev–Trinajstić information content (AvgIpc) is 2.90. The summed E-state index contributed by atoms with van der Waals surface area (Å²) in [6.07, 6.45) is 0.775. The van der Waals surface area contributed by atoms with Crippen LogP contribution in [0.2, 0.25) is 0 Å². The Labute approximate surface area is 124 Å². The van der Waals surface area contributed by atoms with E-state index in [1.807, 2.05) is 0 Å². The second-order valence-electron chi connectivity index (χ2n) is 6.20. The number of nitrogens with one attached hydrogen (secondary N) is 1. The largest absolute Gasteiger partial charge is 0.461 e. The fraction of sp³-hybridized carbons (Fsp3) is 0.786. The van der Waals surface area contributed by atoms with Crippen molar-refractivity contribution >= 4 is 17.8 Å². The monoisotopic (exact) mass is 298 g/mol. The average molecular weight is 298 g/mol. The van der Waals surface area contributed by atoms with Crippen LogP contribution in [0.25, 0.3) is 0 Å². The highest BCUT2D eigenvalue weighted by atomic mass is 16.6. The van der Waals surface area contributed by atoms with Crippen LogP contribution in [-0.2, 0) is 19.1 Å². The predicted molar refractivity (Wildman–Crippen MR) is 74.8 cm³/mol. The number of ether oxygens (including phenoxy) is 2. The fourth-order valence-electron chi connectivity index (χ4n) is 2.63. The van der Waals surface area contributed by atoms with Gasteiger partial charge in [0.05, 0.1) is 12.5 Å². The second-order valence-corrected chi connectivity index (χ2v) is 6.20. The molecule has 7 nitrogen and oxygen atoms in total. The molecule has 3 atom stereocenters. The van der Waals surface area contributed by atoms with Crippen molar-refractivity contribution < 1.29 is 23.9 Å². The van der Waals surface area contributed by atoms with Crippen LogP contribution in [0, 0.1) is 5.92 Å². The van der Waals surface area contributed by atoms with E-state index in [4.69, 9.17) is 14.3 Å². The molecule has 1 fully saturated rings. The number of rotatable bonds is 3. The fourth-order valence-corrected chi connectivity index (χ4v) is 2.63. The number of carbonyl (C=O) groups is 2. The van der Waals surface area contributed by atoms with Crippen LogP contribution < -0.4 is 5.32 Å². The summed E-state index contributed by atoms with van der Waals surface area (Å²) in [5, 5.41) is 6.62. The molecule has 1 amide bonds. The van der Waals surface area contributed by atoms with E-state index in [0.717, 1.165) is 6.42 Å². The van der Waals surface area contributed by atoms with Crippen molar-refractivity contribution in [3.05, 3.63) is 0 Å². The van der Waals surface area contributed by atoms with Gasteiger partial charge in [0.15, 0.2) is 5.71 Å². The minimum Gasteiger partial charge on any atom is -0.461 e. The molecule has 1 N–H and O–H groups in total. The number of oxime groups is 1. The zero-order valence-electron chi connectivity index (χ0n) is 12.8. The maximum absolute atomic E-state index is 11.9. The third-order valence-corrected chi connectivity index (χ3v) is 3.39. The summed E-state index contributed by atoms with van der Waals surface area (Å²) < 4.78 is 10.2. The van der Waals surface area contributed by atoms with Crippen LogP contribution in [-0.4, -0.2) is 42.1 Å². The minimum atomic E-state index is -0.563. The number of hydrogen-bond donors (Lipinski definition) is 1. The first-order chi connectivity index (χ1) is 9.81. The molecule has 0 saturated heterocycles. The number of carbonyl (C=O) groups excluding carboxylic acids is 2. The van der Waals surface area contributed by atoms with Gasteiger partial charge in [0.1, 0.15) is 11.7 Å². The zero-order valence-corrected chi connectivity index (χ0v) is 12.8. The molecule has 0 spiro atoms. The molecule has 2 aliphatic rings. The molecule has 0 unspecified atom stereocenters. The number of hydrogen-bond acceptors (Lipinski definition) is 6. The van der Waals surface area contributed by atoms with Crippen molar-refractivity contribution in [2.75, 3.05) is 6.61 Å².